The molecule has 0 heterocycles. The van der Waals surface area contributed by atoms with E-state index in [1.807, 2.05) is 19.1 Å². The Hall–Kier alpha value is -0.820. The van der Waals surface area contributed by atoms with Crippen LogP contribution in [0.1, 0.15) is 53.4 Å². The standard InChI is InChI=1S/C15H26O/c1-6-7-11-15(5,16)12-14(4)10-8-9-13(2)3/h6,9,12,16H,1,7-8,10-11H2,2-5H3. The van der Waals surface area contributed by atoms with Crippen LogP contribution in [0, 0.1) is 0 Å². The largest absolute Gasteiger partial charge is 0.386 e. The molecule has 0 bridgehead atoms. The number of rotatable bonds is 7. The van der Waals surface area contributed by atoms with Gasteiger partial charge in [0, 0.05) is 0 Å². The molecule has 0 saturated carbocycles. The molecular weight excluding hydrogens is 196 g/mol. The quantitative estimate of drug-likeness (QED) is 0.633. The zero-order chi connectivity index (χ0) is 12.6. The van der Waals surface area contributed by atoms with Gasteiger partial charge in [0.15, 0.2) is 0 Å². The van der Waals surface area contributed by atoms with Gasteiger partial charge in [-0.3, -0.25) is 0 Å². The molecular formula is C15H26O. The maximum absolute atomic E-state index is 10.1. The van der Waals surface area contributed by atoms with E-state index in [-0.39, 0.29) is 0 Å². The summed E-state index contributed by atoms with van der Waals surface area (Å²) in [5.74, 6) is 0. The second-order valence-corrected chi connectivity index (χ2v) is 5.00. The molecule has 16 heavy (non-hydrogen) atoms. The van der Waals surface area contributed by atoms with E-state index in [9.17, 15) is 5.11 Å². The van der Waals surface area contributed by atoms with Gasteiger partial charge in [-0.25, -0.2) is 0 Å². The Morgan fingerprint density at radius 3 is 2.38 bits per heavy atom. The first-order valence-corrected chi connectivity index (χ1v) is 6.02. The van der Waals surface area contributed by atoms with Gasteiger partial charge in [-0.2, -0.15) is 0 Å². The van der Waals surface area contributed by atoms with Crippen LogP contribution in [-0.2, 0) is 0 Å². The molecule has 1 unspecified atom stereocenters. The molecule has 0 aromatic carbocycles. The minimum Gasteiger partial charge on any atom is -0.386 e. The molecule has 1 N–H and O–H groups in total. The smallest absolute Gasteiger partial charge is 0.0805 e. The summed E-state index contributed by atoms with van der Waals surface area (Å²) in [6, 6.07) is 0. The summed E-state index contributed by atoms with van der Waals surface area (Å²) in [4.78, 5) is 0. The Labute approximate surface area is 101 Å². The molecule has 0 aliphatic heterocycles. The molecule has 0 fully saturated rings. The van der Waals surface area contributed by atoms with Crippen molar-refractivity contribution in [3.05, 3.63) is 36.0 Å². The van der Waals surface area contributed by atoms with Crippen molar-refractivity contribution in [2.75, 3.05) is 0 Å². The van der Waals surface area contributed by atoms with E-state index in [0.717, 1.165) is 25.7 Å². The maximum Gasteiger partial charge on any atom is 0.0805 e. The molecule has 1 atom stereocenters. The molecule has 0 rings (SSSR count). The molecule has 0 aromatic heterocycles. The van der Waals surface area contributed by atoms with Crippen molar-refractivity contribution in [1.82, 2.24) is 0 Å². The molecule has 0 amide bonds. The topological polar surface area (TPSA) is 20.2 Å². The first kappa shape index (κ1) is 15.2. The summed E-state index contributed by atoms with van der Waals surface area (Å²) in [5, 5.41) is 10.1. The van der Waals surface area contributed by atoms with Gasteiger partial charge in [0.1, 0.15) is 0 Å². The van der Waals surface area contributed by atoms with Crippen molar-refractivity contribution >= 4 is 0 Å². The van der Waals surface area contributed by atoms with Gasteiger partial charge in [0.05, 0.1) is 5.60 Å². The third kappa shape index (κ3) is 8.49. The van der Waals surface area contributed by atoms with Gasteiger partial charge < -0.3 is 5.11 Å². The van der Waals surface area contributed by atoms with Crippen molar-refractivity contribution in [2.45, 2.75) is 59.0 Å². The molecule has 1 heteroatoms. The van der Waals surface area contributed by atoms with Gasteiger partial charge in [-0.15, -0.1) is 6.58 Å². The van der Waals surface area contributed by atoms with E-state index < -0.39 is 5.60 Å². The SMILES string of the molecule is C=CCCC(C)(O)C=C(C)CCC=C(C)C. The Kier molecular flexibility index (Phi) is 7.07. The van der Waals surface area contributed by atoms with E-state index in [1.165, 1.54) is 11.1 Å². The van der Waals surface area contributed by atoms with E-state index in [2.05, 4.69) is 33.4 Å². The minimum absolute atomic E-state index is 0.691. The van der Waals surface area contributed by atoms with Crippen molar-refractivity contribution in [2.24, 2.45) is 0 Å². The number of allylic oxidation sites excluding steroid dienone is 4. The van der Waals surface area contributed by atoms with Crippen LogP contribution in [0.3, 0.4) is 0 Å². The third-order valence-corrected chi connectivity index (χ3v) is 2.50. The van der Waals surface area contributed by atoms with Crippen LogP contribution in [-0.4, -0.2) is 10.7 Å². The maximum atomic E-state index is 10.1. The normalized spacial score (nSPS) is 15.4. The molecule has 92 valence electrons. The van der Waals surface area contributed by atoms with Crippen molar-refractivity contribution in [3.63, 3.8) is 0 Å². The Morgan fingerprint density at radius 1 is 1.25 bits per heavy atom. The number of aliphatic hydroxyl groups is 1. The zero-order valence-electron chi connectivity index (χ0n) is 11.2. The number of hydrogen-bond acceptors (Lipinski definition) is 1. The van der Waals surface area contributed by atoms with E-state index >= 15 is 0 Å². The summed E-state index contributed by atoms with van der Waals surface area (Å²) < 4.78 is 0. The van der Waals surface area contributed by atoms with Crippen molar-refractivity contribution in [3.8, 4) is 0 Å². The van der Waals surface area contributed by atoms with Crippen LogP contribution in [0.15, 0.2) is 36.0 Å². The average Bonchev–Trinajstić information content (AvgIpc) is 2.13. The lowest BCUT2D eigenvalue weighted by molar-refractivity contribution is 0.102. The summed E-state index contributed by atoms with van der Waals surface area (Å²) in [7, 11) is 0. The fraction of sp³-hybridized carbons (Fsp3) is 0.600. The lowest BCUT2D eigenvalue weighted by Gasteiger charge is -2.19. The summed E-state index contributed by atoms with van der Waals surface area (Å²) in [6.45, 7) is 11.8. The van der Waals surface area contributed by atoms with E-state index in [0.29, 0.717) is 0 Å². The highest BCUT2D eigenvalue weighted by atomic mass is 16.3. The first-order chi connectivity index (χ1) is 7.37. The van der Waals surface area contributed by atoms with Crippen LogP contribution in [0.2, 0.25) is 0 Å². The molecule has 0 aliphatic rings. The summed E-state index contributed by atoms with van der Waals surface area (Å²) in [5.41, 5.74) is 1.92. The molecule has 0 saturated heterocycles. The third-order valence-electron chi connectivity index (χ3n) is 2.50. The van der Waals surface area contributed by atoms with Crippen LogP contribution in [0.25, 0.3) is 0 Å². The predicted octanol–water partition coefficient (Wildman–Crippen LogP) is 4.40. The average molecular weight is 222 g/mol. The zero-order valence-corrected chi connectivity index (χ0v) is 11.2. The van der Waals surface area contributed by atoms with Gasteiger partial charge in [-0.05, 0) is 53.4 Å². The molecule has 1 nitrogen and oxygen atoms in total. The second-order valence-electron chi connectivity index (χ2n) is 5.00. The van der Waals surface area contributed by atoms with Gasteiger partial charge in [0.2, 0.25) is 0 Å². The van der Waals surface area contributed by atoms with Crippen LogP contribution >= 0.6 is 0 Å². The Balaban J connectivity index is 4.18. The predicted molar refractivity (Wildman–Crippen MR) is 72.5 cm³/mol. The van der Waals surface area contributed by atoms with Gasteiger partial charge in [-0.1, -0.05) is 29.4 Å². The summed E-state index contributed by atoms with van der Waals surface area (Å²) >= 11 is 0. The monoisotopic (exact) mass is 222 g/mol. The van der Waals surface area contributed by atoms with Crippen LogP contribution < -0.4 is 0 Å². The molecule has 0 aliphatic carbocycles. The molecule has 0 radical (unpaired) electrons. The fourth-order valence-corrected chi connectivity index (χ4v) is 1.66. The Bertz CT molecular complexity index is 265. The van der Waals surface area contributed by atoms with Gasteiger partial charge >= 0.3 is 0 Å². The first-order valence-electron chi connectivity index (χ1n) is 6.02. The highest BCUT2D eigenvalue weighted by Crippen LogP contribution is 2.18. The van der Waals surface area contributed by atoms with E-state index in [1.54, 1.807) is 0 Å². The fourth-order valence-electron chi connectivity index (χ4n) is 1.66. The van der Waals surface area contributed by atoms with Crippen LogP contribution in [0.5, 0.6) is 0 Å². The molecule has 0 aromatic rings. The Morgan fingerprint density at radius 2 is 1.88 bits per heavy atom. The highest BCUT2D eigenvalue weighted by molar-refractivity contribution is 5.09. The minimum atomic E-state index is -0.691. The lowest BCUT2D eigenvalue weighted by atomic mass is 9.96. The van der Waals surface area contributed by atoms with Crippen LogP contribution in [0.4, 0.5) is 0 Å². The lowest BCUT2D eigenvalue weighted by Crippen LogP contribution is -2.20. The van der Waals surface area contributed by atoms with E-state index in [4.69, 9.17) is 0 Å². The number of hydrogen-bond donors (Lipinski definition) is 1. The molecule has 0 spiro atoms. The van der Waals surface area contributed by atoms with Crippen molar-refractivity contribution < 1.29 is 5.11 Å². The van der Waals surface area contributed by atoms with Crippen molar-refractivity contribution in [1.29, 1.82) is 0 Å². The summed E-state index contributed by atoms with van der Waals surface area (Å²) in [6.07, 6.45) is 9.74. The second kappa shape index (κ2) is 7.45. The highest BCUT2D eigenvalue weighted by Gasteiger charge is 2.15. The van der Waals surface area contributed by atoms with Gasteiger partial charge in [0.25, 0.3) is 0 Å².